The number of likely N-dealkylation sites (tertiary alicyclic amines) is 1. The molecule has 0 radical (unpaired) electrons. The number of nitrogens with zero attached hydrogens (tertiary/aromatic N) is 4. The molecule has 0 aliphatic carbocycles. The van der Waals surface area contributed by atoms with Gasteiger partial charge in [0.25, 0.3) is 0 Å². The zero-order chi connectivity index (χ0) is 20.8. The normalized spacial score (nSPS) is 18.4. The number of piperidine rings is 1. The zero-order valence-electron chi connectivity index (χ0n) is 17.2. The lowest BCUT2D eigenvalue weighted by molar-refractivity contribution is -0.133. The highest BCUT2D eigenvalue weighted by molar-refractivity contribution is 5.79. The molecule has 8 nitrogen and oxygen atoms in total. The van der Waals surface area contributed by atoms with E-state index in [1.165, 1.54) is 0 Å². The van der Waals surface area contributed by atoms with Crippen LogP contribution in [-0.2, 0) is 16.1 Å². The Hall–Kier alpha value is -2.87. The predicted octanol–water partition coefficient (Wildman–Crippen LogP) is 1.35. The second-order valence-corrected chi connectivity index (χ2v) is 7.90. The van der Waals surface area contributed by atoms with Gasteiger partial charge in [0.15, 0.2) is 0 Å². The highest BCUT2D eigenvalue weighted by atomic mass is 16.3. The summed E-state index contributed by atoms with van der Waals surface area (Å²) in [5.41, 5.74) is 0. The van der Waals surface area contributed by atoms with Gasteiger partial charge in [-0.15, -0.1) is 0 Å². The summed E-state index contributed by atoms with van der Waals surface area (Å²) in [4.78, 5) is 35.8. The number of furan rings is 1. The third-order valence-electron chi connectivity index (χ3n) is 5.94. The van der Waals surface area contributed by atoms with E-state index in [2.05, 4.69) is 20.1 Å². The molecule has 2 amide bonds. The van der Waals surface area contributed by atoms with Crippen LogP contribution in [0.15, 0.2) is 47.2 Å². The van der Waals surface area contributed by atoms with Crippen LogP contribution in [0.1, 0.15) is 18.6 Å². The maximum absolute atomic E-state index is 12.7. The lowest BCUT2D eigenvalue weighted by atomic mass is 9.96. The van der Waals surface area contributed by atoms with Gasteiger partial charge in [-0.2, -0.15) is 0 Å². The number of carbonyl (C=O) groups is 2. The molecule has 4 rings (SSSR count). The van der Waals surface area contributed by atoms with Crippen LogP contribution in [0.5, 0.6) is 0 Å². The maximum atomic E-state index is 12.7. The quantitative estimate of drug-likeness (QED) is 0.773. The molecule has 8 heteroatoms. The van der Waals surface area contributed by atoms with Crippen molar-refractivity contribution in [2.45, 2.75) is 19.4 Å². The first kappa shape index (κ1) is 20.4. The number of carbonyl (C=O) groups excluding carboxylic acids is 2. The van der Waals surface area contributed by atoms with Crippen molar-refractivity contribution in [1.29, 1.82) is 0 Å². The van der Waals surface area contributed by atoms with Gasteiger partial charge in [0.2, 0.25) is 11.8 Å². The van der Waals surface area contributed by atoms with Crippen LogP contribution in [0.4, 0.5) is 5.82 Å². The van der Waals surface area contributed by atoms with Crippen LogP contribution in [0.2, 0.25) is 0 Å². The summed E-state index contributed by atoms with van der Waals surface area (Å²) in [6, 6.07) is 9.57. The van der Waals surface area contributed by atoms with Gasteiger partial charge in [-0.05, 0) is 50.2 Å². The predicted molar refractivity (Wildman–Crippen MR) is 113 cm³/mol. The lowest BCUT2D eigenvalue weighted by Gasteiger charge is -2.37. The molecular weight excluding hydrogens is 382 g/mol. The Morgan fingerprint density at radius 2 is 1.83 bits per heavy atom. The number of pyridine rings is 1. The van der Waals surface area contributed by atoms with E-state index in [0.29, 0.717) is 13.1 Å². The fourth-order valence-electron chi connectivity index (χ4n) is 4.10. The summed E-state index contributed by atoms with van der Waals surface area (Å²) in [7, 11) is 0. The summed E-state index contributed by atoms with van der Waals surface area (Å²) in [6.45, 7) is 5.47. The number of nitrogens with one attached hydrogen (secondary N) is 1. The number of hydrogen-bond acceptors (Lipinski definition) is 6. The first-order chi connectivity index (χ1) is 14.7. The van der Waals surface area contributed by atoms with E-state index in [1.807, 2.05) is 35.2 Å². The Bertz CT molecular complexity index is 811. The van der Waals surface area contributed by atoms with Crippen molar-refractivity contribution < 1.29 is 14.0 Å². The van der Waals surface area contributed by atoms with Crippen LogP contribution in [0, 0.1) is 5.92 Å². The van der Waals surface area contributed by atoms with Gasteiger partial charge in [0.05, 0.1) is 19.4 Å². The van der Waals surface area contributed by atoms with Crippen LogP contribution in [0.25, 0.3) is 0 Å². The average Bonchev–Trinajstić information content (AvgIpc) is 3.32. The van der Waals surface area contributed by atoms with Crippen molar-refractivity contribution in [2.24, 2.45) is 5.92 Å². The van der Waals surface area contributed by atoms with E-state index in [1.54, 1.807) is 12.5 Å². The van der Waals surface area contributed by atoms with E-state index in [9.17, 15) is 9.59 Å². The largest absolute Gasteiger partial charge is 0.467 e. The molecule has 2 aliphatic rings. The Kier molecular flexibility index (Phi) is 6.63. The molecule has 2 aromatic heterocycles. The summed E-state index contributed by atoms with van der Waals surface area (Å²) < 4.78 is 5.25. The molecule has 0 unspecified atom stereocenters. The highest BCUT2D eigenvalue weighted by Gasteiger charge is 2.28. The fraction of sp³-hybridized carbons (Fsp3) is 0.500. The first-order valence-corrected chi connectivity index (χ1v) is 10.7. The molecule has 0 saturated carbocycles. The van der Waals surface area contributed by atoms with E-state index >= 15 is 0 Å². The van der Waals surface area contributed by atoms with Crippen LogP contribution in [0.3, 0.4) is 0 Å². The monoisotopic (exact) mass is 411 g/mol. The molecule has 160 valence electrons. The van der Waals surface area contributed by atoms with Crippen LogP contribution >= 0.6 is 0 Å². The second-order valence-electron chi connectivity index (χ2n) is 7.90. The van der Waals surface area contributed by atoms with E-state index in [4.69, 9.17) is 4.42 Å². The minimum Gasteiger partial charge on any atom is -0.467 e. The number of anilines is 1. The van der Waals surface area contributed by atoms with E-state index < -0.39 is 0 Å². The molecule has 0 spiro atoms. The Balaban J connectivity index is 1.16. The summed E-state index contributed by atoms with van der Waals surface area (Å²) in [5, 5.41) is 2.94. The van der Waals surface area contributed by atoms with Gasteiger partial charge in [0, 0.05) is 38.3 Å². The number of piperazine rings is 1. The Labute approximate surface area is 176 Å². The molecule has 0 bridgehead atoms. The highest BCUT2D eigenvalue weighted by Crippen LogP contribution is 2.18. The van der Waals surface area contributed by atoms with Gasteiger partial charge >= 0.3 is 0 Å². The Morgan fingerprint density at radius 1 is 1.03 bits per heavy atom. The van der Waals surface area contributed by atoms with Gasteiger partial charge in [-0.3, -0.25) is 14.5 Å². The summed E-state index contributed by atoms with van der Waals surface area (Å²) >= 11 is 0. The molecule has 2 aromatic rings. The molecule has 0 aromatic carbocycles. The van der Waals surface area contributed by atoms with Crippen LogP contribution in [-0.4, -0.2) is 72.4 Å². The van der Waals surface area contributed by atoms with E-state index in [0.717, 1.165) is 63.7 Å². The fourth-order valence-corrected chi connectivity index (χ4v) is 4.10. The number of rotatable bonds is 6. The van der Waals surface area contributed by atoms with Crippen molar-refractivity contribution in [2.75, 3.05) is 50.7 Å². The minimum absolute atomic E-state index is 0.00762. The average molecular weight is 412 g/mol. The Morgan fingerprint density at radius 3 is 2.50 bits per heavy atom. The molecule has 2 saturated heterocycles. The van der Waals surface area contributed by atoms with Gasteiger partial charge < -0.3 is 19.5 Å². The maximum Gasteiger partial charge on any atom is 0.236 e. The van der Waals surface area contributed by atoms with Gasteiger partial charge in [-0.25, -0.2) is 4.98 Å². The smallest absolute Gasteiger partial charge is 0.236 e. The molecule has 2 fully saturated rings. The summed E-state index contributed by atoms with van der Waals surface area (Å²) in [6.07, 6.45) is 4.97. The SMILES string of the molecule is O=C(NCc1ccco1)C1CCN(CC(=O)N2CCN(c3ccccn3)CC2)CC1. The topological polar surface area (TPSA) is 81.9 Å². The lowest BCUT2D eigenvalue weighted by Crippen LogP contribution is -2.52. The molecule has 0 atom stereocenters. The van der Waals surface area contributed by atoms with Crippen LogP contribution < -0.4 is 10.2 Å². The molecule has 4 heterocycles. The summed E-state index contributed by atoms with van der Waals surface area (Å²) in [5.74, 6) is 1.99. The third-order valence-corrected chi connectivity index (χ3v) is 5.94. The number of hydrogen-bond donors (Lipinski definition) is 1. The van der Waals surface area contributed by atoms with Crippen molar-refractivity contribution in [3.8, 4) is 0 Å². The van der Waals surface area contributed by atoms with Crippen molar-refractivity contribution in [1.82, 2.24) is 20.1 Å². The molecule has 1 N–H and O–H groups in total. The number of aromatic nitrogens is 1. The molecular formula is C22H29N5O3. The standard InChI is InChI=1S/C22H29N5O3/c28-21(27-13-11-26(12-14-27)20-5-1-2-8-23-20)17-25-9-6-18(7-10-25)22(29)24-16-19-4-3-15-30-19/h1-5,8,15,18H,6-7,9-14,16-17H2,(H,24,29). The van der Waals surface area contributed by atoms with E-state index in [-0.39, 0.29) is 17.7 Å². The molecule has 30 heavy (non-hydrogen) atoms. The second kappa shape index (κ2) is 9.75. The zero-order valence-corrected chi connectivity index (χ0v) is 17.2. The van der Waals surface area contributed by atoms with Crippen molar-refractivity contribution in [3.05, 3.63) is 48.6 Å². The van der Waals surface area contributed by atoms with Gasteiger partial charge in [0.1, 0.15) is 11.6 Å². The molecule has 2 aliphatic heterocycles. The minimum atomic E-state index is 0.00762. The van der Waals surface area contributed by atoms with Gasteiger partial charge in [-0.1, -0.05) is 6.07 Å². The number of amides is 2. The van der Waals surface area contributed by atoms with Crippen molar-refractivity contribution >= 4 is 17.6 Å². The first-order valence-electron chi connectivity index (χ1n) is 10.7. The third kappa shape index (κ3) is 5.18. The van der Waals surface area contributed by atoms with Crippen molar-refractivity contribution in [3.63, 3.8) is 0 Å².